The summed E-state index contributed by atoms with van der Waals surface area (Å²) in [5.74, 6) is 1.41. The van der Waals surface area contributed by atoms with Crippen LogP contribution >= 0.6 is 6.64 Å². The number of aromatic amines is 1. The molecule has 0 spiro atoms. The van der Waals surface area contributed by atoms with Gasteiger partial charge in [0, 0.05) is 17.6 Å². The molecule has 3 N–H and O–H groups in total. The molecule has 13 heteroatoms. The van der Waals surface area contributed by atoms with E-state index in [0.29, 0.717) is 5.75 Å². The normalized spacial score (nSPS) is 22.9. The lowest BCUT2D eigenvalue weighted by atomic mass is 10.0. The van der Waals surface area contributed by atoms with Crippen LogP contribution in [0.15, 0.2) is 64.3 Å². The van der Waals surface area contributed by atoms with E-state index < -0.39 is 54.3 Å². The van der Waals surface area contributed by atoms with Crippen LogP contribution in [0.2, 0.25) is 0 Å². The molecular weight excluding hydrogens is 557 g/mol. The molecule has 0 aliphatic carbocycles. The summed E-state index contributed by atoms with van der Waals surface area (Å²) >= 11 is 5.82. The molecule has 2 heterocycles. The molecule has 11 nitrogen and oxygen atoms in total. The predicted molar refractivity (Wildman–Crippen MR) is 152 cm³/mol. The first-order chi connectivity index (χ1) is 19.0. The van der Waals surface area contributed by atoms with Gasteiger partial charge in [-0.3, -0.25) is 19.1 Å². The van der Waals surface area contributed by atoms with E-state index in [4.69, 9.17) is 36.8 Å². The van der Waals surface area contributed by atoms with Crippen LogP contribution < -0.4 is 20.9 Å². The van der Waals surface area contributed by atoms with Gasteiger partial charge in [0.15, 0.2) is 6.23 Å². The van der Waals surface area contributed by atoms with Gasteiger partial charge in [0.2, 0.25) is 0 Å². The Hall–Kier alpha value is -3.30. The highest BCUT2D eigenvalue weighted by molar-refractivity contribution is 8.09. The first-order valence-electron chi connectivity index (χ1n) is 12.5. The minimum Gasteiger partial charge on any atom is -0.462 e. The summed E-state index contributed by atoms with van der Waals surface area (Å²) in [6, 6.07) is 13.3. The molecule has 1 aliphatic rings. The van der Waals surface area contributed by atoms with E-state index >= 15 is 0 Å². The lowest BCUT2D eigenvalue weighted by Crippen LogP contribution is -2.37. The zero-order valence-corrected chi connectivity index (χ0v) is 23.8. The lowest BCUT2D eigenvalue weighted by molar-refractivity contribution is -0.149. The molecule has 0 bridgehead atoms. The molecule has 2 aromatic carbocycles. The summed E-state index contributed by atoms with van der Waals surface area (Å²) in [6.07, 6.45) is 3.23. The van der Waals surface area contributed by atoms with Crippen LogP contribution in [0.4, 0.5) is 0 Å². The summed E-state index contributed by atoms with van der Waals surface area (Å²) in [4.78, 5) is 38.6. The number of nitrogens with zero attached hydrogens (tertiary/aromatic N) is 1. The van der Waals surface area contributed by atoms with Gasteiger partial charge in [-0.25, -0.2) is 9.88 Å². The number of carbonyl (C=O) groups is 1. The van der Waals surface area contributed by atoms with Crippen LogP contribution in [0.5, 0.6) is 5.75 Å². The molecule has 6 atom stereocenters. The largest absolute Gasteiger partial charge is 0.462 e. The number of carbonyl (C=O) groups excluding carboxylic acids is 1. The molecule has 1 fully saturated rings. The number of H-pyrrole nitrogens is 1. The number of aliphatic hydroxyl groups excluding tert-OH is 1. The van der Waals surface area contributed by atoms with Crippen LogP contribution in [0.1, 0.15) is 27.0 Å². The number of benzene rings is 2. The Morgan fingerprint density at radius 1 is 1.23 bits per heavy atom. The van der Waals surface area contributed by atoms with Gasteiger partial charge in [0.05, 0.1) is 18.6 Å². The number of aromatic nitrogens is 2. The van der Waals surface area contributed by atoms with E-state index in [9.17, 15) is 19.5 Å². The van der Waals surface area contributed by atoms with Crippen molar-refractivity contribution in [3.63, 3.8) is 0 Å². The van der Waals surface area contributed by atoms with Gasteiger partial charge >= 0.3 is 18.3 Å². The Bertz CT molecular complexity index is 1580. The fourth-order valence-corrected chi connectivity index (χ4v) is 6.64. The standard InChI is InChI=1S/C27H30N3O8PS/c1-5-19-24(32)22(37-25(19)30-14-13-23(31)28-27(30)34)15-35-39(40,29-17(4)26(33)36-16(2)3)38-21-12-8-10-18-9-6-7-11-20(18)21/h1,6-14,16-17,19,22,24-25,32H,15H2,2-4H3,(H,29,40)(H,28,31,34). The summed E-state index contributed by atoms with van der Waals surface area (Å²) in [6.45, 7) is 1.27. The van der Waals surface area contributed by atoms with Crippen molar-refractivity contribution in [2.75, 3.05) is 6.61 Å². The van der Waals surface area contributed by atoms with Gasteiger partial charge < -0.3 is 23.6 Å². The molecule has 1 aromatic heterocycles. The van der Waals surface area contributed by atoms with Crippen LogP contribution in [0.25, 0.3) is 10.8 Å². The fraction of sp³-hybridized carbons (Fsp3) is 0.370. The number of ether oxygens (including phenoxy) is 2. The lowest BCUT2D eigenvalue weighted by Gasteiger charge is -2.28. The summed E-state index contributed by atoms with van der Waals surface area (Å²) in [5, 5.41) is 15.6. The second kappa shape index (κ2) is 12.5. The maximum Gasteiger partial charge on any atom is 0.330 e. The first kappa shape index (κ1) is 29.7. The molecule has 1 saturated heterocycles. The van der Waals surface area contributed by atoms with Crippen molar-refractivity contribution in [2.24, 2.45) is 5.92 Å². The molecule has 1 aliphatic heterocycles. The third-order valence-electron chi connectivity index (χ3n) is 6.12. The molecule has 4 rings (SSSR count). The van der Waals surface area contributed by atoms with E-state index in [1.165, 1.54) is 6.20 Å². The molecule has 0 saturated carbocycles. The maximum atomic E-state index is 12.6. The molecular formula is C27H30N3O8PS. The third kappa shape index (κ3) is 6.70. The van der Waals surface area contributed by atoms with Crippen molar-refractivity contribution in [1.82, 2.24) is 14.6 Å². The summed E-state index contributed by atoms with van der Waals surface area (Å²) < 4.78 is 24.6. The smallest absolute Gasteiger partial charge is 0.330 e. The highest BCUT2D eigenvalue weighted by atomic mass is 32.5. The van der Waals surface area contributed by atoms with E-state index in [0.717, 1.165) is 21.4 Å². The molecule has 0 radical (unpaired) electrons. The number of fused-ring (bicyclic) bond motifs is 1. The predicted octanol–water partition coefficient (Wildman–Crippen LogP) is 2.45. The van der Waals surface area contributed by atoms with Crippen molar-refractivity contribution in [1.29, 1.82) is 0 Å². The minimum atomic E-state index is -3.49. The SMILES string of the molecule is C#CC1C(O)C(COP(=S)(NC(C)C(=O)OC(C)C)Oc2cccc3ccccc23)OC1n1ccc(=O)[nH]c1=O. The summed E-state index contributed by atoms with van der Waals surface area (Å²) in [7, 11) is 0. The van der Waals surface area contributed by atoms with Gasteiger partial charge in [-0.2, -0.15) is 0 Å². The highest BCUT2D eigenvalue weighted by Gasteiger charge is 2.45. The molecule has 212 valence electrons. The van der Waals surface area contributed by atoms with Crippen molar-refractivity contribution >= 4 is 35.2 Å². The highest BCUT2D eigenvalue weighted by Crippen LogP contribution is 2.48. The molecule has 0 amide bonds. The van der Waals surface area contributed by atoms with Crippen molar-refractivity contribution in [3.8, 4) is 18.1 Å². The average molecular weight is 588 g/mol. The van der Waals surface area contributed by atoms with Gasteiger partial charge in [-0.05, 0) is 44.0 Å². The van der Waals surface area contributed by atoms with Gasteiger partial charge in [-0.15, -0.1) is 6.42 Å². The number of rotatable bonds is 10. The number of esters is 1. The van der Waals surface area contributed by atoms with Crippen molar-refractivity contribution in [3.05, 3.63) is 75.6 Å². The van der Waals surface area contributed by atoms with Gasteiger partial charge in [0.1, 0.15) is 24.0 Å². The van der Waals surface area contributed by atoms with Crippen LogP contribution in [-0.2, 0) is 30.6 Å². The number of aliphatic hydroxyl groups is 1. The van der Waals surface area contributed by atoms with Crippen LogP contribution in [0.3, 0.4) is 0 Å². The second-order valence-electron chi connectivity index (χ2n) is 9.46. The number of nitrogens with one attached hydrogen (secondary N) is 2. The third-order valence-corrected chi connectivity index (χ3v) is 8.61. The number of hydrogen-bond donors (Lipinski definition) is 3. The second-order valence-corrected chi connectivity index (χ2v) is 12.6. The Morgan fingerprint density at radius 2 is 1.95 bits per heavy atom. The zero-order valence-electron chi connectivity index (χ0n) is 22.1. The van der Waals surface area contributed by atoms with E-state index in [-0.39, 0.29) is 12.7 Å². The quantitative estimate of drug-likeness (QED) is 0.184. The van der Waals surface area contributed by atoms with E-state index in [1.54, 1.807) is 26.8 Å². The molecule has 6 unspecified atom stereocenters. The Kier molecular flexibility index (Phi) is 9.26. The number of terminal acetylenes is 1. The number of hydrogen-bond acceptors (Lipinski definition) is 9. The summed E-state index contributed by atoms with van der Waals surface area (Å²) in [5.41, 5.74) is -1.32. The monoisotopic (exact) mass is 587 g/mol. The van der Waals surface area contributed by atoms with Crippen molar-refractivity contribution < 1.29 is 28.4 Å². The molecule has 40 heavy (non-hydrogen) atoms. The zero-order chi connectivity index (χ0) is 29.0. The van der Waals surface area contributed by atoms with Crippen molar-refractivity contribution in [2.45, 2.75) is 51.4 Å². The van der Waals surface area contributed by atoms with Gasteiger partial charge in [-0.1, -0.05) is 42.3 Å². The maximum absolute atomic E-state index is 12.6. The van der Waals surface area contributed by atoms with E-state index in [2.05, 4.69) is 16.0 Å². The topological polar surface area (TPSA) is 141 Å². The fourth-order valence-electron chi connectivity index (χ4n) is 4.22. The Balaban J connectivity index is 1.59. The van der Waals surface area contributed by atoms with Gasteiger partial charge in [0.25, 0.3) is 5.56 Å². The van der Waals surface area contributed by atoms with Crippen LogP contribution in [0, 0.1) is 18.3 Å². The first-order valence-corrected chi connectivity index (χ1v) is 15.2. The Labute approximate surface area is 235 Å². The molecule has 3 aromatic rings. The Morgan fingerprint density at radius 3 is 2.65 bits per heavy atom. The minimum absolute atomic E-state index is 0.283. The van der Waals surface area contributed by atoms with E-state index in [1.807, 2.05) is 36.4 Å². The average Bonchev–Trinajstić information content (AvgIpc) is 3.22. The van der Waals surface area contributed by atoms with Crippen LogP contribution in [-0.4, -0.2) is 51.6 Å².